The summed E-state index contributed by atoms with van der Waals surface area (Å²) in [6, 6.07) is 0. The Kier molecular flexibility index (Phi) is 6.42. The number of hydrogen-bond acceptors (Lipinski definition) is 2. The maximum Gasteiger partial charge on any atom is 0.129 e. The highest BCUT2D eigenvalue weighted by molar-refractivity contribution is 7.84. The van der Waals surface area contributed by atoms with Gasteiger partial charge in [-0.05, 0) is 19.8 Å². The Bertz CT molecular complexity index is 143. The predicted octanol–water partition coefficient (Wildman–Crippen LogP) is 1.51. The minimum atomic E-state index is -0.653. The summed E-state index contributed by atoms with van der Waals surface area (Å²) in [5.41, 5.74) is 0. The average Bonchev–Trinajstić information content (AvgIpc) is 1.97. The first kappa shape index (κ1) is 10.8. The predicted molar refractivity (Wildman–Crippen MR) is 48.1 cm³/mol. The van der Waals surface area contributed by atoms with Crippen LogP contribution in [0.3, 0.4) is 0 Å². The number of hydrogen-bond donors (Lipinski definition) is 0. The van der Waals surface area contributed by atoms with Crippen molar-refractivity contribution < 1.29 is 9.00 Å². The second-order valence-corrected chi connectivity index (χ2v) is 4.46. The Morgan fingerprint density at radius 3 is 2.45 bits per heavy atom. The first-order valence-electron chi connectivity index (χ1n) is 4.01. The molecule has 0 aliphatic rings. The SMILES string of the molecule is CCS(=O)CCCCC(C)=O. The van der Waals surface area contributed by atoms with Gasteiger partial charge in [0.05, 0.1) is 0 Å². The summed E-state index contributed by atoms with van der Waals surface area (Å²) in [7, 11) is -0.653. The van der Waals surface area contributed by atoms with Crippen molar-refractivity contribution in [2.45, 2.75) is 33.1 Å². The summed E-state index contributed by atoms with van der Waals surface area (Å²) >= 11 is 0. The largest absolute Gasteiger partial charge is 0.300 e. The first-order valence-corrected chi connectivity index (χ1v) is 5.50. The molecule has 0 aromatic heterocycles. The molecule has 0 rings (SSSR count). The maximum atomic E-state index is 10.9. The lowest BCUT2D eigenvalue weighted by atomic mass is 10.2. The number of ketones is 1. The fraction of sp³-hybridized carbons (Fsp3) is 0.875. The van der Waals surface area contributed by atoms with Crippen LogP contribution in [0.1, 0.15) is 33.1 Å². The summed E-state index contributed by atoms with van der Waals surface area (Å²) < 4.78 is 10.9. The average molecular weight is 176 g/mol. The van der Waals surface area contributed by atoms with E-state index in [0.29, 0.717) is 6.42 Å². The van der Waals surface area contributed by atoms with E-state index in [0.717, 1.165) is 24.3 Å². The second-order valence-electron chi connectivity index (χ2n) is 2.59. The van der Waals surface area contributed by atoms with Crippen molar-refractivity contribution >= 4 is 16.6 Å². The lowest BCUT2D eigenvalue weighted by Gasteiger charge is -1.96. The molecular weight excluding hydrogens is 160 g/mol. The van der Waals surface area contributed by atoms with Crippen molar-refractivity contribution in [1.29, 1.82) is 0 Å². The molecule has 0 saturated heterocycles. The Labute approximate surface area is 70.8 Å². The molecule has 0 N–H and O–H groups in total. The molecular formula is C8H16O2S. The lowest BCUT2D eigenvalue weighted by molar-refractivity contribution is -0.117. The highest BCUT2D eigenvalue weighted by atomic mass is 32.2. The van der Waals surface area contributed by atoms with Gasteiger partial charge in [0.15, 0.2) is 0 Å². The van der Waals surface area contributed by atoms with Crippen LogP contribution in [0, 0.1) is 0 Å². The third-order valence-corrected chi connectivity index (χ3v) is 2.86. The van der Waals surface area contributed by atoms with E-state index in [-0.39, 0.29) is 5.78 Å². The van der Waals surface area contributed by atoms with Crippen LogP contribution < -0.4 is 0 Å². The minimum absolute atomic E-state index is 0.229. The van der Waals surface area contributed by atoms with Crippen LogP contribution in [0.5, 0.6) is 0 Å². The van der Waals surface area contributed by atoms with Crippen LogP contribution in [-0.2, 0) is 15.6 Å². The number of carbonyl (C=O) groups is 1. The summed E-state index contributed by atoms with van der Waals surface area (Å²) in [4.78, 5) is 10.5. The monoisotopic (exact) mass is 176 g/mol. The quantitative estimate of drug-likeness (QED) is 0.575. The molecule has 0 saturated carbocycles. The lowest BCUT2D eigenvalue weighted by Crippen LogP contribution is -2.00. The van der Waals surface area contributed by atoms with Crippen LogP contribution in [0.15, 0.2) is 0 Å². The Morgan fingerprint density at radius 1 is 1.36 bits per heavy atom. The number of Topliss-reactive ketones (excluding diaryl/α,β-unsaturated/α-hetero) is 1. The molecule has 2 nitrogen and oxygen atoms in total. The molecule has 0 spiro atoms. The van der Waals surface area contributed by atoms with Crippen LogP contribution in [0.4, 0.5) is 0 Å². The van der Waals surface area contributed by atoms with Gasteiger partial charge in [0.1, 0.15) is 5.78 Å². The molecule has 0 aliphatic heterocycles. The van der Waals surface area contributed by atoms with Gasteiger partial charge in [-0.1, -0.05) is 6.92 Å². The van der Waals surface area contributed by atoms with Gasteiger partial charge in [-0.3, -0.25) is 4.21 Å². The molecule has 0 amide bonds. The van der Waals surface area contributed by atoms with Gasteiger partial charge < -0.3 is 4.79 Å². The van der Waals surface area contributed by atoms with Crippen molar-refractivity contribution in [2.75, 3.05) is 11.5 Å². The summed E-state index contributed by atoms with van der Waals surface area (Å²) in [6.45, 7) is 3.51. The number of unbranched alkanes of at least 4 members (excludes halogenated alkanes) is 1. The van der Waals surface area contributed by atoms with Crippen molar-refractivity contribution in [1.82, 2.24) is 0 Å². The fourth-order valence-corrected chi connectivity index (χ4v) is 1.60. The molecule has 1 atom stereocenters. The van der Waals surface area contributed by atoms with Crippen molar-refractivity contribution in [3.63, 3.8) is 0 Å². The molecule has 0 aromatic rings. The summed E-state index contributed by atoms with van der Waals surface area (Å²) in [5.74, 6) is 1.72. The smallest absolute Gasteiger partial charge is 0.129 e. The molecule has 0 bridgehead atoms. The summed E-state index contributed by atoms with van der Waals surface area (Å²) in [5, 5.41) is 0. The van der Waals surface area contributed by atoms with Crippen molar-refractivity contribution in [3.05, 3.63) is 0 Å². The molecule has 66 valence electrons. The molecule has 0 aromatic carbocycles. The normalized spacial score (nSPS) is 12.9. The molecule has 0 heterocycles. The highest BCUT2D eigenvalue weighted by Gasteiger charge is 1.97. The van der Waals surface area contributed by atoms with Gasteiger partial charge >= 0.3 is 0 Å². The van der Waals surface area contributed by atoms with Gasteiger partial charge in [-0.25, -0.2) is 0 Å². The maximum absolute atomic E-state index is 10.9. The Morgan fingerprint density at radius 2 is 2.00 bits per heavy atom. The van der Waals surface area contributed by atoms with E-state index in [2.05, 4.69) is 0 Å². The van der Waals surface area contributed by atoms with Crippen LogP contribution in [0.25, 0.3) is 0 Å². The number of carbonyl (C=O) groups excluding carboxylic acids is 1. The van der Waals surface area contributed by atoms with Gasteiger partial charge in [0.2, 0.25) is 0 Å². The third-order valence-electron chi connectivity index (χ3n) is 1.47. The fourth-order valence-electron chi connectivity index (χ4n) is 0.781. The highest BCUT2D eigenvalue weighted by Crippen LogP contribution is 1.97. The van der Waals surface area contributed by atoms with Crippen LogP contribution >= 0.6 is 0 Å². The zero-order valence-corrected chi connectivity index (χ0v) is 8.08. The molecule has 0 fully saturated rings. The van der Waals surface area contributed by atoms with E-state index in [9.17, 15) is 9.00 Å². The zero-order valence-electron chi connectivity index (χ0n) is 7.26. The molecule has 3 heteroatoms. The van der Waals surface area contributed by atoms with Gasteiger partial charge in [0, 0.05) is 28.7 Å². The zero-order chi connectivity index (χ0) is 8.69. The van der Waals surface area contributed by atoms with E-state index in [1.165, 1.54) is 0 Å². The van der Waals surface area contributed by atoms with E-state index in [1.54, 1.807) is 6.92 Å². The van der Waals surface area contributed by atoms with E-state index in [4.69, 9.17) is 0 Å². The van der Waals surface area contributed by atoms with Crippen molar-refractivity contribution in [3.8, 4) is 0 Å². The van der Waals surface area contributed by atoms with E-state index in [1.807, 2.05) is 6.92 Å². The Hall–Kier alpha value is -0.180. The standard InChI is InChI=1S/C8H16O2S/c1-3-11(10)7-5-4-6-8(2)9/h3-7H2,1-2H3. The van der Waals surface area contributed by atoms with Crippen LogP contribution in [-0.4, -0.2) is 21.5 Å². The Balaban J connectivity index is 3.14. The molecule has 0 radical (unpaired) electrons. The second kappa shape index (κ2) is 6.53. The van der Waals surface area contributed by atoms with E-state index < -0.39 is 10.8 Å². The van der Waals surface area contributed by atoms with Crippen LogP contribution in [0.2, 0.25) is 0 Å². The minimum Gasteiger partial charge on any atom is -0.300 e. The van der Waals surface area contributed by atoms with Crippen molar-refractivity contribution in [2.24, 2.45) is 0 Å². The van der Waals surface area contributed by atoms with Gasteiger partial charge in [-0.2, -0.15) is 0 Å². The molecule has 1 unspecified atom stereocenters. The van der Waals surface area contributed by atoms with E-state index >= 15 is 0 Å². The first-order chi connectivity index (χ1) is 5.16. The van der Waals surface area contributed by atoms with Gasteiger partial charge in [0.25, 0.3) is 0 Å². The molecule has 11 heavy (non-hydrogen) atoms. The molecule has 0 aliphatic carbocycles. The van der Waals surface area contributed by atoms with Gasteiger partial charge in [-0.15, -0.1) is 0 Å². The third kappa shape index (κ3) is 7.72. The summed E-state index contributed by atoms with van der Waals surface area (Å²) in [6.07, 6.45) is 2.45. The number of rotatable bonds is 6. The topological polar surface area (TPSA) is 34.1 Å².